The van der Waals surface area contributed by atoms with Gasteiger partial charge in [0.2, 0.25) is 0 Å². The van der Waals surface area contributed by atoms with Crippen LogP contribution < -0.4 is 5.73 Å². The number of halogens is 4. The van der Waals surface area contributed by atoms with Crippen molar-refractivity contribution in [1.82, 2.24) is 0 Å². The van der Waals surface area contributed by atoms with Crippen molar-refractivity contribution in [2.24, 2.45) is 10.9 Å². The Labute approximate surface area is 112 Å². The molecule has 0 radical (unpaired) electrons. The molecule has 1 aromatic carbocycles. The molecule has 112 valence electrons. The minimum absolute atomic E-state index is 0.0928. The highest BCUT2D eigenvalue weighted by Gasteiger charge is 2.40. The van der Waals surface area contributed by atoms with Crippen LogP contribution in [-0.4, -0.2) is 30.0 Å². The Morgan fingerprint density at radius 2 is 2.10 bits per heavy atom. The van der Waals surface area contributed by atoms with Gasteiger partial charge in [0.1, 0.15) is 6.61 Å². The zero-order valence-electron chi connectivity index (χ0n) is 10.6. The van der Waals surface area contributed by atoms with E-state index in [-0.39, 0.29) is 12.4 Å². The summed E-state index contributed by atoms with van der Waals surface area (Å²) in [4.78, 5) is 0. The van der Waals surface area contributed by atoms with Gasteiger partial charge in [0.25, 0.3) is 0 Å². The predicted octanol–water partition coefficient (Wildman–Crippen LogP) is 2.51. The molecule has 0 spiro atoms. The highest BCUT2D eigenvalue weighted by Crippen LogP contribution is 2.23. The minimum atomic E-state index is -4.16. The first-order chi connectivity index (χ1) is 9.27. The number of nitrogens with two attached hydrogens (primary N) is 1. The summed E-state index contributed by atoms with van der Waals surface area (Å²) in [5.74, 6) is -4.26. The lowest BCUT2D eigenvalue weighted by atomic mass is 10.1. The van der Waals surface area contributed by atoms with E-state index in [9.17, 15) is 17.6 Å². The third-order valence-electron chi connectivity index (χ3n) is 2.62. The molecule has 0 unspecified atom stereocenters. The molecule has 0 aromatic heterocycles. The van der Waals surface area contributed by atoms with Gasteiger partial charge in [0.15, 0.2) is 5.84 Å². The van der Waals surface area contributed by atoms with Crippen LogP contribution in [0.2, 0.25) is 0 Å². The number of amidine groups is 1. The van der Waals surface area contributed by atoms with E-state index in [2.05, 4.69) is 9.89 Å². The van der Waals surface area contributed by atoms with Gasteiger partial charge < -0.3 is 15.7 Å². The van der Waals surface area contributed by atoms with E-state index in [0.29, 0.717) is 16.7 Å². The van der Waals surface area contributed by atoms with Crippen LogP contribution in [-0.2, 0) is 11.3 Å². The fraction of sp³-hybridized carbons (Fsp3) is 0.417. The third-order valence-corrected chi connectivity index (χ3v) is 2.62. The number of oxime groups is 1. The Kier molecular flexibility index (Phi) is 5.32. The Bertz CT molecular complexity index is 492. The molecular weight excluding hydrogens is 280 g/mol. The molecule has 1 rings (SSSR count). The van der Waals surface area contributed by atoms with Crippen LogP contribution in [0.3, 0.4) is 0 Å². The van der Waals surface area contributed by atoms with E-state index >= 15 is 0 Å². The maximum absolute atomic E-state index is 12.6. The van der Waals surface area contributed by atoms with E-state index in [4.69, 9.17) is 10.9 Å². The van der Waals surface area contributed by atoms with Gasteiger partial charge in [-0.2, -0.15) is 8.78 Å². The average Bonchev–Trinajstić information content (AvgIpc) is 2.39. The van der Waals surface area contributed by atoms with E-state index in [1.807, 2.05) is 0 Å². The fourth-order valence-corrected chi connectivity index (χ4v) is 1.43. The van der Waals surface area contributed by atoms with Gasteiger partial charge in [-0.05, 0) is 24.1 Å². The lowest BCUT2D eigenvalue weighted by Crippen LogP contribution is -2.32. The quantitative estimate of drug-likeness (QED) is 0.278. The second-order valence-corrected chi connectivity index (χ2v) is 4.18. The molecular formula is C12H14F4N2O2. The van der Waals surface area contributed by atoms with Crippen LogP contribution >= 0.6 is 0 Å². The van der Waals surface area contributed by atoms with Gasteiger partial charge in [0, 0.05) is 5.56 Å². The van der Waals surface area contributed by atoms with Crippen LogP contribution in [0.1, 0.15) is 16.7 Å². The van der Waals surface area contributed by atoms with E-state index in [1.54, 1.807) is 13.0 Å². The molecule has 0 atom stereocenters. The van der Waals surface area contributed by atoms with Crippen LogP contribution in [0.15, 0.2) is 23.4 Å². The first-order valence-electron chi connectivity index (χ1n) is 5.59. The monoisotopic (exact) mass is 294 g/mol. The summed E-state index contributed by atoms with van der Waals surface area (Å²) in [6.45, 7) is 0.0782. The maximum atomic E-state index is 12.6. The second-order valence-electron chi connectivity index (χ2n) is 4.18. The largest absolute Gasteiger partial charge is 0.409 e. The molecule has 0 saturated heterocycles. The Morgan fingerprint density at radius 3 is 2.60 bits per heavy atom. The van der Waals surface area contributed by atoms with Gasteiger partial charge in [-0.15, -0.1) is 0 Å². The normalized spacial score (nSPS) is 13.0. The van der Waals surface area contributed by atoms with Crippen LogP contribution in [0, 0.1) is 6.92 Å². The van der Waals surface area contributed by atoms with Crippen molar-refractivity contribution in [3.05, 3.63) is 34.9 Å². The molecule has 0 aliphatic heterocycles. The van der Waals surface area contributed by atoms with Crippen molar-refractivity contribution in [1.29, 1.82) is 0 Å². The van der Waals surface area contributed by atoms with E-state index < -0.39 is 19.0 Å². The molecule has 1 aromatic rings. The summed E-state index contributed by atoms with van der Waals surface area (Å²) < 4.78 is 53.7. The van der Waals surface area contributed by atoms with Crippen LogP contribution in [0.5, 0.6) is 0 Å². The van der Waals surface area contributed by atoms with Crippen molar-refractivity contribution in [3.8, 4) is 0 Å². The van der Waals surface area contributed by atoms with Crippen LogP contribution in [0.25, 0.3) is 0 Å². The van der Waals surface area contributed by atoms with E-state index in [1.165, 1.54) is 12.1 Å². The standard InChI is InChI=1S/C12H14F4N2O2/c1-7-4-8(10(17)18-19)2-3-9(7)5-20-6-12(15,16)11(13)14/h2-4,11,19H,5-6H2,1H3,(H2,17,18). The summed E-state index contributed by atoms with van der Waals surface area (Å²) in [5, 5.41) is 11.3. The first kappa shape index (κ1) is 16.2. The smallest absolute Gasteiger partial charge is 0.330 e. The average molecular weight is 294 g/mol. The van der Waals surface area contributed by atoms with Gasteiger partial charge in [0.05, 0.1) is 6.61 Å². The van der Waals surface area contributed by atoms with Gasteiger partial charge in [-0.25, -0.2) is 8.78 Å². The lowest BCUT2D eigenvalue weighted by molar-refractivity contribution is -0.168. The van der Waals surface area contributed by atoms with Crippen molar-refractivity contribution < 1.29 is 27.5 Å². The van der Waals surface area contributed by atoms with Crippen molar-refractivity contribution in [2.45, 2.75) is 25.9 Å². The van der Waals surface area contributed by atoms with Gasteiger partial charge >= 0.3 is 12.3 Å². The Balaban J connectivity index is 2.66. The lowest BCUT2D eigenvalue weighted by Gasteiger charge is -2.16. The minimum Gasteiger partial charge on any atom is -0.409 e. The summed E-state index contributed by atoms with van der Waals surface area (Å²) in [5.41, 5.74) is 7.03. The van der Waals surface area contributed by atoms with Gasteiger partial charge in [-0.3, -0.25) is 0 Å². The number of ether oxygens (including phenoxy) is 1. The zero-order chi connectivity index (χ0) is 15.3. The summed E-state index contributed by atoms with van der Waals surface area (Å²) in [6.07, 6.45) is -3.76. The molecule has 8 heteroatoms. The van der Waals surface area contributed by atoms with Crippen molar-refractivity contribution in [3.63, 3.8) is 0 Å². The van der Waals surface area contributed by atoms with Crippen molar-refractivity contribution in [2.75, 3.05) is 6.61 Å². The maximum Gasteiger partial charge on any atom is 0.330 e. The highest BCUT2D eigenvalue weighted by atomic mass is 19.3. The molecule has 0 bridgehead atoms. The molecule has 0 aliphatic rings. The number of rotatable bonds is 6. The Hall–Kier alpha value is -1.83. The number of benzene rings is 1. The number of aryl methyl sites for hydroxylation is 1. The molecule has 0 amide bonds. The summed E-state index contributed by atoms with van der Waals surface area (Å²) in [6, 6.07) is 4.61. The first-order valence-corrected chi connectivity index (χ1v) is 5.59. The third kappa shape index (κ3) is 4.09. The SMILES string of the molecule is Cc1cc(/C(N)=N/O)ccc1COCC(F)(F)C(F)F. The molecule has 20 heavy (non-hydrogen) atoms. The number of alkyl halides is 4. The van der Waals surface area contributed by atoms with Crippen molar-refractivity contribution >= 4 is 5.84 Å². The highest BCUT2D eigenvalue weighted by molar-refractivity contribution is 5.97. The molecule has 0 fully saturated rings. The summed E-state index contributed by atoms with van der Waals surface area (Å²) in [7, 11) is 0. The van der Waals surface area contributed by atoms with Gasteiger partial charge in [-0.1, -0.05) is 17.3 Å². The molecule has 0 heterocycles. The molecule has 0 saturated carbocycles. The molecule has 0 aliphatic carbocycles. The number of hydrogen-bond donors (Lipinski definition) is 2. The molecule has 4 nitrogen and oxygen atoms in total. The Morgan fingerprint density at radius 1 is 1.45 bits per heavy atom. The second kappa shape index (κ2) is 6.56. The zero-order valence-corrected chi connectivity index (χ0v) is 10.6. The van der Waals surface area contributed by atoms with E-state index in [0.717, 1.165) is 0 Å². The topological polar surface area (TPSA) is 67.8 Å². The predicted molar refractivity (Wildman–Crippen MR) is 64.3 cm³/mol. The van der Waals surface area contributed by atoms with Crippen LogP contribution in [0.4, 0.5) is 17.6 Å². The fourth-order valence-electron chi connectivity index (χ4n) is 1.43. The summed E-state index contributed by atoms with van der Waals surface area (Å²) >= 11 is 0. The number of nitrogens with zero attached hydrogens (tertiary/aromatic N) is 1. The number of hydrogen-bond acceptors (Lipinski definition) is 3. The molecule has 3 N–H and O–H groups in total.